The molecule has 1 amide bonds. The van der Waals surface area contributed by atoms with Crippen LogP contribution in [0.15, 0.2) is 22.5 Å². The molecule has 0 bridgehead atoms. The van der Waals surface area contributed by atoms with Crippen molar-refractivity contribution in [1.29, 1.82) is 5.26 Å². The number of carbonyl (C=O) groups excluding carboxylic acids is 1. The zero-order chi connectivity index (χ0) is 16.7. The molecule has 1 aromatic heterocycles. The summed E-state index contributed by atoms with van der Waals surface area (Å²) in [4.78, 5) is 18.8. The fraction of sp³-hybridized carbons (Fsp3) is 0.562. The number of likely N-dealkylation sites (N-methyl/N-ethyl adjacent to an activating group) is 1. The van der Waals surface area contributed by atoms with Crippen molar-refractivity contribution in [3.05, 3.63) is 22.4 Å². The first-order valence-corrected chi connectivity index (χ1v) is 8.65. The molecule has 0 aromatic carbocycles. The molecule has 2 unspecified atom stereocenters. The zero-order valence-corrected chi connectivity index (χ0v) is 14.4. The number of rotatable bonds is 5. The first kappa shape index (κ1) is 17.3. The number of guanidine groups is 1. The van der Waals surface area contributed by atoms with Gasteiger partial charge in [-0.25, -0.2) is 4.99 Å². The Morgan fingerprint density at radius 1 is 1.52 bits per heavy atom. The lowest BCUT2D eigenvalue weighted by molar-refractivity contribution is -0.127. The molecule has 0 saturated heterocycles. The second-order valence-corrected chi connectivity index (χ2v) is 6.84. The number of aliphatic imine (C=N–C) groups is 1. The zero-order valence-electron chi connectivity index (χ0n) is 13.6. The van der Waals surface area contributed by atoms with E-state index in [0.717, 1.165) is 19.3 Å². The molecule has 23 heavy (non-hydrogen) atoms. The van der Waals surface area contributed by atoms with Gasteiger partial charge in [0.2, 0.25) is 5.91 Å². The number of nitriles is 1. The second kappa shape index (κ2) is 8.53. The Bertz CT molecular complexity index is 576. The van der Waals surface area contributed by atoms with E-state index in [1.165, 1.54) is 9.78 Å². The minimum Gasteiger partial charge on any atom is -0.352 e. The number of nitrogens with zero attached hydrogens (tertiary/aromatic N) is 3. The van der Waals surface area contributed by atoms with Crippen molar-refractivity contribution in [3.63, 3.8) is 0 Å². The van der Waals surface area contributed by atoms with Crippen LogP contribution in [0, 0.1) is 17.2 Å². The Hall–Kier alpha value is -2.07. The summed E-state index contributed by atoms with van der Waals surface area (Å²) in [6.45, 7) is 0.750. The lowest BCUT2D eigenvalue weighted by atomic mass is 10.1. The lowest BCUT2D eigenvalue weighted by Crippen LogP contribution is -2.45. The van der Waals surface area contributed by atoms with Gasteiger partial charge >= 0.3 is 0 Å². The number of thiophene rings is 1. The number of hydrogen-bond donors (Lipinski definition) is 2. The van der Waals surface area contributed by atoms with Crippen molar-refractivity contribution >= 4 is 23.2 Å². The Kier molecular flexibility index (Phi) is 6.41. The molecule has 2 rings (SSSR count). The molecule has 2 atom stereocenters. The molecule has 1 saturated carbocycles. The van der Waals surface area contributed by atoms with Gasteiger partial charge in [0.1, 0.15) is 6.54 Å². The van der Waals surface area contributed by atoms with Gasteiger partial charge in [0.05, 0.1) is 18.5 Å². The summed E-state index contributed by atoms with van der Waals surface area (Å²) in [6.07, 6.45) is 2.92. The van der Waals surface area contributed by atoms with Crippen LogP contribution in [0.4, 0.5) is 0 Å². The summed E-state index contributed by atoms with van der Waals surface area (Å²) in [5.41, 5.74) is 0. The van der Waals surface area contributed by atoms with Crippen molar-refractivity contribution in [2.24, 2.45) is 10.9 Å². The van der Waals surface area contributed by atoms with Gasteiger partial charge in [-0.05, 0) is 30.7 Å². The summed E-state index contributed by atoms with van der Waals surface area (Å²) in [5, 5.41) is 17.8. The van der Waals surface area contributed by atoms with Gasteiger partial charge in [-0.15, -0.1) is 11.3 Å². The Morgan fingerprint density at radius 2 is 2.35 bits per heavy atom. The Balaban J connectivity index is 1.99. The maximum atomic E-state index is 11.8. The summed E-state index contributed by atoms with van der Waals surface area (Å²) in [5.74, 6) is 0.555. The maximum Gasteiger partial charge on any atom is 0.243 e. The van der Waals surface area contributed by atoms with Crippen LogP contribution in [-0.4, -0.2) is 43.4 Å². The highest BCUT2D eigenvalue weighted by atomic mass is 32.1. The topological polar surface area (TPSA) is 80.5 Å². The second-order valence-electron chi connectivity index (χ2n) is 5.80. The van der Waals surface area contributed by atoms with Gasteiger partial charge in [-0.1, -0.05) is 6.07 Å². The molecule has 0 spiro atoms. The molecule has 1 heterocycles. The van der Waals surface area contributed by atoms with Gasteiger partial charge in [0.25, 0.3) is 0 Å². The molecule has 124 valence electrons. The number of nitrogens with one attached hydrogen (secondary N) is 2. The van der Waals surface area contributed by atoms with Crippen molar-refractivity contribution in [2.75, 3.05) is 20.6 Å². The highest BCUT2D eigenvalue weighted by molar-refractivity contribution is 7.09. The van der Waals surface area contributed by atoms with E-state index in [4.69, 9.17) is 0 Å². The minimum absolute atomic E-state index is 0.00767. The van der Waals surface area contributed by atoms with Crippen LogP contribution >= 0.6 is 11.3 Å². The number of carbonyl (C=O) groups is 1. The molecule has 7 heteroatoms. The first-order chi connectivity index (χ1) is 11.1. The Labute approximate surface area is 141 Å². The lowest BCUT2D eigenvalue weighted by Gasteiger charge is -2.20. The van der Waals surface area contributed by atoms with E-state index >= 15 is 0 Å². The largest absolute Gasteiger partial charge is 0.352 e. The fourth-order valence-electron chi connectivity index (χ4n) is 2.49. The predicted octanol–water partition coefficient (Wildman–Crippen LogP) is 1.56. The van der Waals surface area contributed by atoms with E-state index in [0.29, 0.717) is 12.5 Å². The van der Waals surface area contributed by atoms with Crippen LogP contribution in [0.25, 0.3) is 0 Å². The number of hydrogen-bond acceptors (Lipinski definition) is 4. The molecule has 2 N–H and O–H groups in total. The smallest absolute Gasteiger partial charge is 0.243 e. The average Bonchev–Trinajstić information content (AvgIpc) is 3.20. The van der Waals surface area contributed by atoms with E-state index in [1.807, 2.05) is 17.5 Å². The molecular formula is C16H23N5OS. The van der Waals surface area contributed by atoms with Crippen LogP contribution in [0.1, 0.15) is 24.1 Å². The van der Waals surface area contributed by atoms with E-state index < -0.39 is 0 Å². The molecule has 1 aliphatic carbocycles. The minimum atomic E-state index is -0.0505. The van der Waals surface area contributed by atoms with E-state index in [-0.39, 0.29) is 24.4 Å². The molecule has 1 aliphatic rings. The van der Waals surface area contributed by atoms with E-state index in [2.05, 4.69) is 21.7 Å². The van der Waals surface area contributed by atoms with Crippen LogP contribution in [0.5, 0.6) is 0 Å². The van der Waals surface area contributed by atoms with Gasteiger partial charge in [-0.2, -0.15) is 5.26 Å². The first-order valence-electron chi connectivity index (χ1n) is 7.77. The molecule has 0 aliphatic heterocycles. The predicted molar refractivity (Wildman–Crippen MR) is 92.0 cm³/mol. The third kappa shape index (κ3) is 5.25. The average molecular weight is 333 g/mol. The van der Waals surface area contributed by atoms with Crippen molar-refractivity contribution in [3.8, 4) is 6.07 Å². The summed E-state index contributed by atoms with van der Waals surface area (Å²) in [7, 11) is 3.43. The maximum absolute atomic E-state index is 11.8. The van der Waals surface area contributed by atoms with Gasteiger partial charge < -0.3 is 15.5 Å². The quantitative estimate of drug-likeness (QED) is 0.633. The molecule has 0 radical (unpaired) electrons. The van der Waals surface area contributed by atoms with Crippen molar-refractivity contribution in [2.45, 2.75) is 31.8 Å². The van der Waals surface area contributed by atoms with Crippen molar-refractivity contribution in [1.82, 2.24) is 15.5 Å². The van der Waals surface area contributed by atoms with Crippen molar-refractivity contribution < 1.29 is 4.79 Å². The van der Waals surface area contributed by atoms with E-state index in [9.17, 15) is 10.1 Å². The van der Waals surface area contributed by atoms with E-state index in [1.54, 1.807) is 25.4 Å². The van der Waals surface area contributed by atoms with Gasteiger partial charge in [0.15, 0.2) is 5.96 Å². The summed E-state index contributed by atoms with van der Waals surface area (Å²) in [6, 6.07) is 6.51. The van der Waals surface area contributed by atoms with Crippen LogP contribution < -0.4 is 10.6 Å². The number of amides is 1. The van der Waals surface area contributed by atoms with Crippen LogP contribution in [0.2, 0.25) is 0 Å². The SMILES string of the molecule is CN(C)C(=O)CN=C(NCc1cccs1)NC1CCCC1C#N. The van der Waals surface area contributed by atoms with Gasteiger partial charge in [0, 0.05) is 25.0 Å². The molecule has 1 aromatic rings. The summed E-state index contributed by atoms with van der Waals surface area (Å²) >= 11 is 1.67. The normalized spacial score (nSPS) is 20.8. The highest BCUT2D eigenvalue weighted by Crippen LogP contribution is 2.24. The Morgan fingerprint density at radius 3 is 3.00 bits per heavy atom. The van der Waals surface area contributed by atoms with Gasteiger partial charge in [-0.3, -0.25) is 4.79 Å². The standard InChI is InChI=1S/C16H23N5OS/c1-21(2)15(22)11-19-16(18-10-13-6-4-8-23-13)20-14-7-3-5-12(14)9-17/h4,6,8,12,14H,3,5,7,10-11H2,1-2H3,(H2,18,19,20). The van der Waals surface area contributed by atoms with Crippen LogP contribution in [-0.2, 0) is 11.3 Å². The molecule has 1 fully saturated rings. The molecular weight excluding hydrogens is 310 g/mol. The third-order valence-corrected chi connectivity index (χ3v) is 4.76. The fourth-order valence-corrected chi connectivity index (χ4v) is 3.13. The molecule has 6 nitrogen and oxygen atoms in total. The van der Waals surface area contributed by atoms with Crippen LogP contribution in [0.3, 0.4) is 0 Å². The third-order valence-electron chi connectivity index (χ3n) is 3.89. The summed E-state index contributed by atoms with van der Waals surface area (Å²) < 4.78 is 0. The monoisotopic (exact) mass is 333 g/mol. The highest BCUT2D eigenvalue weighted by Gasteiger charge is 2.27.